The van der Waals surface area contributed by atoms with Gasteiger partial charge in [-0.25, -0.2) is 22.0 Å². The highest BCUT2D eigenvalue weighted by atomic mass is 32.3. The Hall–Kier alpha value is -1.02. The van der Waals surface area contributed by atoms with Gasteiger partial charge in [-0.1, -0.05) is 0 Å². The summed E-state index contributed by atoms with van der Waals surface area (Å²) in [6.07, 6.45) is 1.71. The molecule has 26 heavy (non-hydrogen) atoms. The Morgan fingerprint density at radius 1 is 1.35 bits per heavy atom. The van der Waals surface area contributed by atoms with Gasteiger partial charge in [0.1, 0.15) is 8.42 Å². The summed E-state index contributed by atoms with van der Waals surface area (Å²) in [4.78, 5) is 2.10. The van der Waals surface area contributed by atoms with Gasteiger partial charge in [-0.3, -0.25) is 9.21 Å². The largest absolute Gasteiger partial charge is 0.383 e. The molecule has 12 heteroatoms. The average Bonchev–Trinajstić information content (AvgIpc) is 3.01. The zero-order valence-electron chi connectivity index (χ0n) is 14.3. The molecule has 0 saturated carbocycles. The first-order chi connectivity index (χ1) is 12.2. The van der Waals surface area contributed by atoms with Crippen molar-refractivity contribution < 1.29 is 26.3 Å². The summed E-state index contributed by atoms with van der Waals surface area (Å²) in [5.41, 5.74) is 0.936. The fourth-order valence-corrected chi connectivity index (χ4v) is 6.94. The van der Waals surface area contributed by atoms with Gasteiger partial charge in [0.05, 0.1) is 26.4 Å². The van der Waals surface area contributed by atoms with Crippen molar-refractivity contribution in [1.29, 1.82) is 0 Å². The van der Waals surface area contributed by atoms with Crippen molar-refractivity contribution in [3.8, 4) is 0 Å². The van der Waals surface area contributed by atoms with E-state index < -0.39 is 20.0 Å². The number of rotatable bonds is 6. The lowest BCUT2D eigenvalue weighted by molar-refractivity contribution is 0.0403. The van der Waals surface area contributed by atoms with Crippen LogP contribution in [0.1, 0.15) is 5.56 Å². The quantitative estimate of drug-likeness (QED) is 0.668. The first-order valence-electron chi connectivity index (χ1n) is 7.92. The number of fused-ring (bicyclic) bond motifs is 1. The second-order valence-electron chi connectivity index (χ2n) is 5.95. The fraction of sp³-hybridized carbons (Fsp3) is 0.571. The minimum Gasteiger partial charge on any atom is -0.383 e. The summed E-state index contributed by atoms with van der Waals surface area (Å²) in [6.45, 7) is 3.39. The second-order valence-corrected chi connectivity index (χ2v) is 10.8. The third-order valence-electron chi connectivity index (χ3n) is 4.14. The number of nitrogens with zero attached hydrogens (tertiary/aromatic N) is 2. The Kier molecular flexibility index (Phi) is 5.72. The summed E-state index contributed by atoms with van der Waals surface area (Å²) in [6, 6.07) is 1.32. The molecule has 1 aromatic rings. The first-order valence-corrected chi connectivity index (χ1v) is 11.7. The van der Waals surface area contributed by atoms with Crippen LogP contribution < -0.4 is 5.14 Å². The lowest BCUT2D eigenvalue weighted by Gasteiger charge is -2.34. The van der Waals surface area contributed by atoms with Crippen LogP contribution in [-0.2, 0) is 29.5 Å². The highest BCUT2D eigenvalue weighted by Gasteiger charge is 2.36. The van der Waals surface area contributed by atoms with Gasteiger partial charge >= 0.3 is 0 Å². The lowest BCUT2D eigenvalue weighted by Crippen LogP contribution is -2.43. The summed E-state index contributed by atoms with van der Waals surface area (Å²) < 4.78 is 60.9. The predicted octanol–water partition coefficient (Wildman–Crippen LogP) is -0.281. The van der Waals surface area contributed by atoms with E-state index in [1.54, 1.807) is 6.08 Å². The standard InChI is InChI=1S/C14H21N3O6S3/c1-22-5-4-17-12(10-16-2-6-23-7-3-16)8-11-9-13(25(15,18)19)24-14(11)26(17,20)21/h8-9H,2-7,10H2,1H3,(H2,15,18,19). The molecule has 0 aromatic carbocycles. The summed E-state index contributed by atoms with van der Waals surface area (Å²) >= 11 is 0.673. The monoisotopic (exact) mass is 423 g/mol. The molecule has 1 aromatic heterocycles. The maximum absolute atomic E-state index is 13.1. The van der Waals surface area contributed by atoms with Crippen LogP contribution >= 0.6 is 11.3 Å². The zero-order chi connectivity index (χ0) is 18.9. The maximum Gasteiger partial charge on any atom is 0.274 e. The molecule has 0 spiro atoms. The van der Waals surface area contributed by atoms with E-state index in [1.807, 2.05) is 0 Å². The zero-order valence-corrected chi connectivity index (χ0v) is 16.7. The van der Waals surface area contributed by atoms with Gasteiger partial charge < -0.3 is 9.47 Å². The normalized spacial score (nSPS) is 20.7. The van der Waals surface area contributed by atoms with E-state index in [0.29, 0.717) is 55.4 Å². The molecule has 146 valence electrons. The number of thiophene rings is 1. The maximum atomic E-state index is 13.1. The molecule has 2 aliphatic rings. The van der Waals surface area contributed by atoms with Gasteiger partial charge in [0.2, 0.25) is 10.0 Å². The van der Waals surface area contributed by atoms with E-state index in [0.717, 1.165) is 0 Å². The van der Waals surface area contributed by atoms with E-state index in [4.69, 9.17) is 14.6 Å². The molecule has 3 rings (SSSR count). The Morgan fingerprint density at radius 3 is 2.65 bits per heavy atom. The van der Waals surface area contributed by atoms with Gasteiger partial charge in [0.15, 0.2) is 0 Å². The van der Waals surface area contributed by atoms with Crippen LogP contribution in [0.5, 0.6) is 0 Å². The topological polar surface area (TPSA) is 119 Å². The molecule has 1 fully saturated rings. The number of methoxy groups -OCH3 is 1. The molecule has 0 atom stereocenters. The predicted molar refractivity (Wildman–Crippen MR) is 96.7 cm³/mol. The molecule has 0 radical (unpaired) electrons. The van der Waals surface area contributed by atoms with Crippen LogP contribution in [0.4, 0.5) is 0 Å². The van der Waals surface area contributed by atoms with Crippen molar-refractivity contribution in [3.63, 3.8) is 0 Å². The molecular formula is C14H21N3O6S3. The highest BCUT2D eigenvalue weighted by molar-refractivity contribution is 7.94. The molecule has 2 aliphatic heterocycles. The molecule has 9 nitrogen and oxygen atoms in total. The molecular weight excluding hydrogens is 402 g/mol. The van der Waals surface area contributed by atoms with Crippen molar-refractivity contribution in [2.75, 3.05) is 53.1 Å². The Labute approximate surface area is 157 Å². The van der Waals surface area contributed by atoms with Crippen LogP contribution in [-0.4, -0.2) is 79.2 Å². The van der Waals surface area contributed by atoms with Crippen molar-refractivity contribution in [1.82, 2.24) is 9.21 Å². The number of ether oxygens (including phenoxy) is 2. The van der Waals surface area contributed by atoms with E-state index in [9.17, 15) is 16.8 Å². The van der Waals surface area contributed by atoms with Crippen LogP contribution in [0.15, 0.2) is 20.2 Å². The minimum atomic E-state index is -3.97. The fourth-order valence-electron chi connectivity index (χ4n) is 2.86. The molecule has 0 amide bonds. The van der Waals surface area contributed by atoms with E-state index >= 15 is 0 Å². The molecule has 0 unspecified atom stereocenters. The molecule has 0 aliphatic carbocycles. The lowest BCUT2D eigenvalue weighted by atomic mass is 10.2. The third-order valence-corrected chi connectivity index (χ3v) is 9.09. The minimum absolute atomic E-state index is 0.0108. The summed E-state index contributed by atoms with van der Waals surface area (Å²) in [7, 11) is -6.34. The Morgan fingerprint density at radius 2 is 2.04 bits per heavy atom. The Balaban J connectivity index is 2.02. The average molecular weight is 424 g/mol. The number of morpholine rings is 1. The van der Waals surface area contributed by atoms with Crippen molar-refractivity contribution in [3.05, 3.63) is 17.3 Å². The van der Waals surface area contributed by atoms with E-state index in [2.05, 4.69) is 4.90 Å². The van der Waals surface area contributed by atoms with Crippen molar-refractivity contribution >= 4 is 37.5 Å². The van der Waals surface area contributed by atoms with Crippen molar-refractivity contribution in [2.24, 2.45) is 5.14 Å². The van der Waals surface area contributed by atoms with Gasteiger partial charge in [0.25, 0.3) is 10.0 Å². The van der Waals surface area contributed by atoms with Gasteiger partial charge in [-0.05, 0) is 12.1 Å². The summed E-state index contributed by atoms with van der Waals surface area (Å²) in [5.74, 6) is 0. The molecule has 1 saturated heterocycles. The van der Waals surface area contributed by atoms with E-state index in [1.165, 1.54) is 17.5 Å². The SMILES string of the molecule is COCCN1C(CN2CCOCC2)=Cc2cc(S(N)(=O)=O)sc2S1(=O)=O. The molecule has 0 bridgehead atoms. The molecule has 3 heterocycles. The van der Waals surface area contributed by atoms with Crippen LogP contribution in [0.25, 0.3) is 6.08 Å². The number of hydrogen-bond acceptors (Lipinski definition) is 8. The van der Waals surface area contributed by atoms with Gasteiger partial charge in [-0.15, -0.1) is 11.3 Å². The Bertz CT molecular complexity index is 900. The summed E-state index contributed by atoms with van der Waals surface area (Å²) in [5, 5.41) is 5.17. The first kappa shape index (κ1) is 19.7. The number of hydrogen-bond donors (Lipinski definition) is 1. The van der Waals surface area contributed by atoms with E-state index in [-0.39, 0.29) is 21.6 Å². The number of sulfonamides is 2. The number of primary sulfonamides is 1. The smallest absolute Gasteiger partial charge is 0.274 e. The van der Waals surface area contributed by atoms with Crippen LogP contribution in [0, 0.1) is 0 Å². The third kappa shape index (κ3) is 3.96. The van der Waals surface area contributed by atoms with Crippen LogP contribution in [0.2, 0.25) is 0 Å². The molecule has 2 N–H and O–H groups in total. The van der Waals surface area contributed by atoms with Crippen LogP contribution in [0.3, 0.4) is 0 Å². The van der Waals surface area contributed by atoms with Gasteiger partial charge in [-0.2, -0.15) is 0 Å². The second kappa shape index (κ2) is 7.54. The van der Waals surface area contributed by atoms with Gasteiger partial charge in [0, 0.05) is 38.0 Å². The number of nitrogens with two attached hydrogens (primary N) is 1. The highest BCUT2D eigenvalue weighted by Crippen LogP contribution is 2.38. The van der Waals surface area contributed by atoms with Crippen molar-refractivity contribution in [2.45, 2.75) is 8.42 Å².